The molecular weight excluding hydrogens is 368 g/mol. The zero-order chi connectivity index (χ0) is 20.3. The zero-order valence-electron chi connectivity index (χ0n) is 16.1. The molecule has 7 nitrogen and oxygen atoms in total. The van der Waals surface area contributed by atoms with E-state index in [0.29, 0.717) is 24.6 Å². The van der Waals surface area contributed by atoms with E-state index in [9.17, 15) is 14.4 Å². The molecule has 3 heterocycles. The third-order valence-electron chi connectivity index (χ3n) is 5.93. The van der Waals surface area contributed by atoms with E-state index in [-0.39, 0.29) is 18.7 Å². The lowest BCUT2D eigenvalue weighted by Crippen LogP contribution is -2.45. The number of nitrogens with zero attached hydrogens (tertiary/aromatic N) is 2. The summed E-state index contributed by atoms with van der Waals surface area (Å²) in [7, 11) is 0. The highest BCUT2D eigenvalue weighted by molar-refractivity contribution is 6.07. The number of aromatic nitrogens is 1. The average Bonchev–Trinajstić information content (AvgIpc) is 3.07. The highest BCUT2D eigenvalue weighted by Gasteiger charge is 2.48. The van der Waals surface area contributed by atoms with Gasteiger partial charge in [-0.1, -0.05) is 36.4 Å². The fourth-order valence-corrected chi connectivity index (χ4v) is 4.27. The Morgan fingerprint density at radius 1 is 1.10 bits per heavy atom. The van der Waals surface area contributed by atoms with Gasteiger partial charge in [-0.2, -0.15) is 0 Å². The largest absolute Gasteiger partial charge is 0.343 e. The van der Waals surface area contributed by atoms with Crippen LogP contribution in [0.1, 0.15) is 42.7 Å². The fraction of sp³-hybridized carbons (Fsp3) is 0.364. The molecule has 0 bridgehead atoms. The second-order valence-corrected chi connectivity index (χ2v) is 7.62. The minimum Gasteiger partial charge on any atom is -0.343 e. The van der Waals surface area contributed by atoms with Gasteiger partial charge in [0.15, 0.2) is 0 Å². The molecule has 0 aliphatic carbocycles. The topological polar surface area (TPSA) is 91.4 Å². The van der Waals surface area contributed by atoms with Gasteiger partial charge in [0.2, 0.25) is 5.91 Å². The summed E-state index contributed by atoms with van der Waals surface area (Å²) in [6.45, 7) is 1.41. The lowest BCUT2D eigenvalue weighted by atomic mass is 9.85. The number of hydrogen-bond acceptors (Lipinski definition) is 4. The molecule has 2 aliphatic rings. The van der Waals surface area contributed by atoms with Crippen LogP contribution in [0, 0.1) is 0 Å². The van der Waals surface area contributed by atoms with Crippen LogP contribution in [0.2, 0.25) is 0 Å². The summed E-state index contributed by atoms with van der Waals surface area (Å²) in [4.78, 5) is 43.1. The third-order valence-corrected chi connectivity index (χ3v) is 5.93. The van der Waals surface area contributed by atoms with Crippen LogP contribution in [0.25, 0.3) is 0 Å². The number of nitrogens with one attached hydrogen (secondary N) is 2. The van der Waals surface area contributed by atoms with Gasteiger partial charge in [-0.3, -0.25) is 19.9 Å². The van der Waals surface area contributed by atoms with E-state index < -0.39 is 17.5 Å². The van der Waals surface area contributed by atoms with Crippen molar-refractivity contribution in [2.45, 2.75) is 37.1 Å². The van der Waals surface area contributed by atoms with Crippen molar-refractivity contribution >= 4 is 17.8 Å². The Bertz CT molecular complexity index is 895. The molecule has 2 N–H and O–H groups in total. The van der Waals surface area contributed by atoms with Crippen molar-refractivity contribution in [2.75, 3.05) is 13.1 Å². The first kappa shape index (κ1) is 19.1. The van der Waals surface area contributed by atoms with Gasteiger partial charge in [-0.25, -0.2) is 4.79 Å². The van der Waals surface area contributed by atoms with E-state index >= 15 is 0 Å². The summed E-state index contributed by atoms with van der Waals surface area (Å²) in [6, 6.07) is 13.3. The normalized spacial score (nSPS) is 22.3. The summed E-state index contributed by atoms with van der Waals surface area (Å²) in [5.74, 6) is 0.0432. The number of urea groups is 1. The van der Waals surface area contributed by atoms with Crippen molar-refractivity contribution in [3.63, 3.8) is 0 Å². The molecule has 150 valence electrons. The van der Waals surface area contributed by atoms with Crippen molar-refractivity contribution in [3.8, 4) is 0 Å². The number of amides is 4. The summed E-state index contributed by atoms with van der Waals surface area (Å²) in [6.07, 6.45) is 5.41. The maximum atomic E-state index is 12.8. The van der Waals surface area contributed by atoms with Gasteiger partial charge in [0.25, 0.3) is 5.91 Å². The smallest absolute Gasteiger partial charge is 0.322 e. The standard InChI is InChI=1S/C22H24N4O3/c27-19(26-13-9-17(10-14-26)16-5-2-1-3-6-16)8-11-22(18-7-4-12-23-15-18)20(28)24-21(29)25-22/h1-7,12,15,17H,8-11,13-14H2,(H2,24,25,28,29). The molecule has 0 radical (unpaired) electrons. The van der Waals surface area contributed by atoms with Crippen molar-refractivity contribution in [1.82, 2.24) is 20.5 Å². The Labute approximate surface area is 169 Å². The fourth-order valence-electron chi connectivity index (χ4n) is 4.27. The molecule has 1 unspecified atom stereocenters. The summed E-state index contributed by atoms with van der Waals surface area (Å²) < 4.78 is 0. The van der Waals surface area contributed by atoms with Crippen molar-refractivity contribution < 1.29 is 14.4 Å². The monoisotopic (exact) mass is 392 g/mol. The highest BCUT2D eigenvalue weighted by atomic mass is 16.2. The first-order chi connectivity index (χ1) is 14.1. The molecule has 4 rings (SSSR count). The number of benzene rings is 1. The van der Waals surface area contributed by atoms with Crippen LogP contribution in [0.3, 0.4) is 0 Å². The van der Waals surface area contributed by atoms with Crippen molar-refractivity contribution in [2.24, 2.45) is 0 Å². The number of pyridine rings is 1. The first-order valence-electron chi connectivity index (χ1n) is 9.95. The van der Waals surface area contributed by atoms with Crippen LogP contribution in [0.15, 0.2) is 54.9 Å². The average molecular weight is 392 g/mol. The summed E-state index contributed by atoms with van der Waals surface area (Å²) >= 11 is 0. The van der Waals surface area contributed by atoms with Gasteiger partial charge in [0, 0.05) is 37.5 Å². The number of rotatable bonds is 5. The molecule has 2 saturated heterocycles. The second kappa shape index (κ2) is 8.03. The molecule has 7 heteroatoms. The molecule has 1 atom stereocenters. The number of carbonyl (C=O) groups is 3. The molecule has 0 spiro atoms. The van der Waals surface area contributed by atoms with E-state index in [1.165, 1.54) is 5.56 Å². The molecule has 0 saturated carbocycles. The summed E-state index contributed by atoms with van der Waals surface area (Å²) in [5, 5.41) is 5.00. The Hall–Kier alpha value is -3.22. The van der Waals surface area contributed by atoms with E-state index in [1.54, 1.807) is 24.5 Å². The lowest BCUT2D eigenvalue weighted by Gasteiger charge is -2.33. The Morgan fingerprint density at radius 3 is 2.48 bits per heavy atom. The Balaban J connectivity index is 1.39. The molecule has 2 aromatic rings. The first-order valence-corrected chi connectivity index (χ1v) is 9.95. The van der Waals surface area contributed by atoms with Crippen molar-refractivity contribution in [3.05, 3.63) is 66.0 Å². The molecule has 29 heavy (non-hydrogen) atoms. The number of hydrogen-bond donors (Lipinski definition) is 2. The maximum absolute atomic E-state index is 12.8. The van der Waals surface area contributed by atoms with Crippen LogP contribution in [0.4, 0.5) is 4.79 Å². The van der Waals surface area contributed by atoms with Crippen molar-refractivity contribution in [1.29, 1.82) is 0 Å². The van der Waals surface area contributed by atoms with Crippen LogP contribution in [0.5, 0.6) is 0 Å². The molecule has 2 fully saturated rings. The zero-order valence-corrected chi connectivity index (χ0v) is 16.1. The number of likely N-dealkylation sites (tertiary alicyclic amines) is 1. The molecule has 1 aromatic carbocycles. The van der Waals surface area contributed by atoms with E-state index in [1.807, 2.05) is 23.1 Å². The molecular formula is C22H24N4O3. The van der Waals surface area contributed by atoms with Crippen LogP contribution in [-0.2, 0) is 15.1 Å². The predicted molar refractivity (Wildman–Crippen MR) is 107 cm³/mol. The molecule has 1 aromatic heterocycles. The van der Waals surface area contributed by atoms with Gasteiger partial charge < -0.3 is 10.2 Å². The molecule has 2 aliphatic heterocycles. The highest BCUT2D eigenvalue weighted by Crippen LogP contribution is 2.31. The van der Waals surface area contributed by atoms with E-state index in [4.69, 9.17) is 0 Å². The van der Waals surface area contributed by atoms with Crippen LogP contribution in [-0.4, -0.2) is 40.8 Å². The van der Waals surface area contributed by atoms with Gasteiger partial charge in [-0.05, 0) is 36.8 Å². The van der Waals surface area contributed by atoms with E-state index in [2.05, 4.69) is 27.8 Å². The molecule has 4 amide bonds. The van der Waals surface area contributed by atoms with Gasteiger partial charge in [-0.15, -0.1) is 0 Å². The van der Waals surface area contributed by atoms with Crippen LogP contribution >= 0.6 is 0 Å². The van der Waals surface area contributed by atoms with Gasteiger partial charge in [0.1, 0.15) is 5.54 Å². The minimum atomic E-state index is -1.25. The quantitative estimate of drug-likeness (QED) is 0.764. The Morgan fingerprint density at radius 2 is 1.86 bits per heavy atom. The van der Waals surface area contributed by atoms with Gasteiger partial charge >= 0.3 is 6.03 Å². The third kappa shape index (κ3) is 3.85. The number of imide groups is 1. The SMILES string of the molecule is O=C1NC(=O)C(CCC(=O)N2CCC(c3ccccc3)CC2)(c2cccnc2)N1. The lowest BCUT2D eigenvalue weighted by molar-refractivity contribution is -0.133. The summed E-state index contributed by atoms with van der Waals surface area (Å²) in [5.41, 5.74) is 0.656. The Kier molecular flexibility index (Phi) is 5.29. The minimum absolute atomic E-state index is 0.00808. The van der Waals surface area contributed by atoms with Gasteiger partial charge in [0.05, 0.1) is 0 Å². The van der Waals surface area contributed by atoms with Crippen LogP contribution < -0.4 is 10.6 Å². The number of piperidine rings is 1. The second-order valence-electron chi connectivity index (χ2n) is 7.62. The van der Waals surface area contributed by atoms with E-state index in [0.717, 1.165) is 12.8 Å². The number of carbonyl (C=O) groups excluding carboxylic acids is 3. The maximum Gasteiger partial charge on any atom is 0.322 e. The predicted octanol–water partition coefficient (Wildman–Crippen LogP) is 2.30.